The van der Waals surface area contributed by atoms with Gasteiger partial charge in [-0.25, -0.2) is 4.39 Å². The van der Waals surface area contributed by atoms with Crippen LogP contribution in [0.4, 0.5) is 10.1 Å². The lowest BCUT2D eigenvalue weighted by Gasteiger charge is -2.09. The maximum Gasteiger partial charge on any atom is 0.145 e. The predicted molar refractivity (Wildman–Crippen MR) is 68.7 cm³/mol. The number of hydrogen-bond donors (Lipinski definition) is 1. The van der Waals surface area contributed by atoms with Crippen LogP contribution in [0.25, 0.3) is 11.1 Å². The lowest BCUT2D eigenvalue weighted by Crippen LogP contribution is -1.93. The Kier molecular flexibility index (Phi) is 2.97. The highest BCUT2D eigenvalue weighted by atomic mass is 79.9. The standard InChI is InChI=1S/C13H11BrFN/c1-8-5-6-12(16)10(7-8)9-3-2-4-11(14)13(9)15/h2-7H,16H2,1H3. The van der Waals surface area contributed by atoms with E-state index in [1.54, 1.807) is 24.3 Å². The molecule has 0 aliphatic rings. The van der Waals surface area contributed by atoms with Gasteiger partial charge >= 0.3 is 0 Å². The molecule has 1 nitrogen and oxygen atoms in total. The number of nitrogens with two attached hydrogens (primary N) is 1. The number of rotatable bonds is 1. The fourth-order valence-electron chi connectivity index (χ4n) is 1.62. The third kappa shape index (κ3) is 1.95. The molecule has 0 radical (unpaired) electrons. The van der Waals surface area contributed by atoms with Crippen LogP contribution in [0.2, 0.25) is 0 Å². The Balaban J connectivity index is 2.67. The van der Waals surface area contributed by atoms with Gasteiger partial charge in [-0.05, 0) is 41.1 Å². The fraction of sp³-hybridized carbons (Fsp3) is 0.0769. The summed E-state index contributed by atoms with van der Waals surface area (Å²) in [5.74, 6) is -0.278. The smallest absolute Gasteiger partial charge is 0.145 e. The van der Waals surface area contributed by atoms with Gasteiger partial charge in [-0.15, -0.1) is 0 Å². The van der Waals surface area contributed by atoms with Crippen molar-refractivity contribution >= 4 is 21.6 Å². The van der Waals surface area contributed by atoms with Crippen LogP contribution in [0.3, 0.4) is 0 Å². The minimum absolute atomic E-state index is 0.278. The molecule has 0 bridgehead atoms. The zero-order chi connectivity index (χ0) is 11.7. The van der Waals surface area contributed by atoms with Crippen molar-refractivity contribution in [3.63, 3.8) is 0 Å². The van der Waals surface area contributed by atoms with Gasteiger partial charge in [-0.3, -0.25) is 0 Å². The molecule has 0 atom stereocenters. The average molecular weight is 280 g/mol. The zero-order valence-corrected chi connectivity index (χ0v) is 10.4. The van der Waals surface area contributed by atoms with Crippen LogP contribution >= 0.6 is 15.9 Å². The van der Waals surface area contributed by atoms with E-state index in [4.69, 9.17) is 5.73 Å². The number of benzene rings is 2. The van der Waals surface area contributed by atoms with Crippen molar-refractivity contribution in [1.29, 1.82) is 0 Å². The predicted octanol–water partition coefficient (Wildman–Crippen LogP) is 4.15. The fourth-order valence-corrected chi connectivity index (χ4v) is 1.98. The van der Waals surface area contributed by atoms with Crippen LogP contribution in [0.1, 0.15) is 5.56 Å². The van der Waals surface area contributed by atoms with Gasteiger partial charge in [0, 0.05) is 16.8 Å². The summed E-state index contributed by atoms with van der Waals surface area (Å²) in [5.41, 5.74) is 8.76. The molecule has 0 aliphatic heterocycles. The molecule has 0 aromatic heterocycles. The summed E-state index contributed by atoms with van der Waals surface area (Å²) in [4.78, 5) is 0. The van der Waals surface area contributed by atoms with Gasteiger partial charge in [0.15, 0.2) is 0 Å². The largest absolute Gasteiger partial charge is 0.398 e. The normalized spacial score (nSPS) is 10.4. The van der Waals surface area contributed by atoms with Crippen molar-refractivity contribution < 1.29 is 4.39 Å². The molecule has 82 valence electrons. The Hall–Kier alpha value is -1.35. The van der Waals surface area contributed by atoms with Crippen molar-refractivity contribution in [3.05, 3.63) is 52.3 Å². The van der Waals surface area contributed by atoms with Crippen molar-refractivity contribution in [2.45, 2.75) is 6.92 Å². The molecule has 0 amide bonds. The second kappa shape index (κ2) is 4.26. The van der Waals surface area contributed by atoms with Crippen molar-refractivity contribution in [2.24, 2.45) is 0 Å². The molecule has 0 aliphatic carbocycles. The van der Waals surface area contributed by atoms with Crippen LogP contribution in [0.15, 0.2) is 40.9 Å². The van der Waals surface area contributed by atoms with Crippen LogP contribution < -0.4 is 5.73 Å². The molecule has 0 unspecified atom stereocenters. The Morgan fingerprint density at radius 2 is 1.88 bits per heavy atom. The van der Waals surface area contributed by atoms with E-state index in [1.807, 2.05) is 19.1 Å². The summed E-state index contributed by atoms with van der Waals surface area (Å²) >= 11 is 3.17. The molecule has 16 heavy (non-hydrogen) atoms. The van der Waals surface area contributed by atoms with E-state index < -0.39 is 0 Å². The first-order chi connectivity index (χ1) is 7.59. The van der Waals surface area contributed by atoms with Gasteiger partial charge in [0.25, 0.3) is 0 Å². The second-order valence-electron chi connectivity index (χ2n) is 3.69. The maximum atomic E-state index is 13.9. The molecule has 0 fully saturated rings. The average Bonchev–Trinajstić information content (AvgIpc) is 2.26. The lowest BCUT2D eigenvalue weighted by molar-refractivity contribution is 0.625. The van der Waals surface area contributed by atoms with Crippen molar-refractivity contribution in [2.75, 3.05) is 5.73 Å². The second-order valence-corrected chi connectivity index (χ2v) is 4.55. The highest BCUT2D eigenvalue weighted by Crippen LogP contribution is 2.32. The highest BCUT2D eigenvalue weighted by Gasteiger charge is 2.10. The molecule has 0 spiro atoms. The minimum atomic E-state index is -0.278. The number of halogens is 2. The third-order valence-electron chi connectivity index (χ3n) is 2.45. The summed E-state index contributed by atoms with van der Waals surface area (Å²) < 4.78 is 14.3. The number of hydrogen-bond acceptors (Lipinski definition) is 1. The molecule has 3 heteroatoms. The number of anilines is 1. The van der Waals surface area contributed by atoms with Gasteiger partial charge in [0.1, 0.15) is 5.82 Å². The quantitative estimate of drug-likeness (QED) is 0.780. The van der Waals surface area contributed by atoms with Gasteiger partial charge in [0.2, 0.25) is 0 Å². The van der Waals surface area contributed by atoms with E-state index in [9.17, 15) is 4.39 Å². The number of nitrogen functional groups attached to an aromatic ring is 1. The van der Waals surface area contributed by atoms with E-state index in [1.165, 1.54) is 0 Å². The topological polar surface area (TPSA) is 26.0 Å². The Bertz CT molecular complexity index is 537. The highest BCUT2D eigenvalue weighted by molar-refractivity contribution is 9.10. The Morgan fingerprint density at radius 1 is 1.12 bits per heavy atom. The first kappa shape index (κ1) is 11.1. The van der Waals surface area contributed by atoms with E-state index in [2.05, 4.69) is 15.9 Å². The van der Waals surface area contributed by atoms with E-state index in [-0.39, 0.29) is 5.82 Å². The number of aryl methyl sites for hydroxylation is 1. The van der Waals surface area contributed by atoms with Crippen LogP contribution in [-0.4, -0.2) is 0 Å². The van der Waals surface area contributed by atoms with Crippen LogP contribution in [-0.2, 0) is 0 Å². The molecule has 0 saturated heterocycles. The van der Waals surface area contributed by atoms with E-state index in [0.717, 1.165) is 11.1 Å². The molecule has 0 heterocycles. The van der Waals surface area contributed by atoms with Crippen LogP contribution in [0, 0.1) is 12.7 Å². The molecule has 2 rings (SSSR count). The monoisotopic (exact) mass is 279 g/mol. The molecular weight excluding hydrogens is 269 g/mol. The first-order valence-electron chi connectivity index (χ1n) is 4.90. The lowest BCUT2D eigenvalue weighted by atomic mass is 10.0. The molecule has 2 N–H and O–H groups in total. The van der Waals surface area contributed by atoms with Crippen molar-refractivity contribution in [3.8, 4) is 11.1 Å². The summed E-state index contributed by atoms with van der Waals surface area (Å²) in [5, 5.41) is 0. The molecule has 0 saturated carbocycles. The Labute approximate surface area is 102 Å². The SMILES string of the molecule is Cc1ccc(N)c(-c2cccc(Br)c2F)c1. The van der Waals surface area contributed by atoms with Gasteiger partial charge in [0.05, 0.1) is 4.47 Å². The maximum absolute atomic E-state index is 13.9. The molecule has 2 aromatic carbocycles. The summed E-state index contributed by atoms with van der Waals surface area (Å²) in [6, 6.07) is 10.8. The van der Waals surface area contributed by atoms with Crippen molar-refractivity contribution in [1.82, 2.24) is 0 Å². The van der Waals surface area contributed by atoms with E-state index >= 15 is 0 Å². The van der Waals surface area contributed by atoms with Crippen LogP contribution in [0.5, 0.6) is 0 Å². The molecule has 2 aromatic rings. The zero-order valence-electron chi connectivity index (χ0n) is 8.80. The first-order valence-corrected chi connectivity index (χ1v) is 5.69. The minimum Gasteiger partial charge on any atom is -0.398 e. The van der Waals surface area contributed by atoms with Gasteiger partial charge in [-0.2, -0.15) is 0 Å². The molecular formula is C13H11BrFN. The summed E-state index contributed by atoms with van der Waals surface area (Å²) in [7, 11) is 0. The van der Waals surface area contributed by atoms with Gasteiger partial charge in [-0.1, -0.05) is 23.8 Å². The van der Waals surface area contributed by atoms with Gasteiger partial charge < -0.3 is 5.73 Å². The van der Waals surface area contributed by atoms with E-state index in [0.29, 0.717) is 15.7 Å². The third-order valence-corrected chi connectivity index (χ3v) is 3.06. The summed E-state index contributed by atoms with van der Waals surface area (Å²) in [6.45, 7) is 1.96. The Morgan fingerprint density at radius 3 is 2.62 bits per heavy atom. The summed E-state index contributed by atoms with van der Waals surface area (Å²) in [6.07, 6.45) is 0.